The average molecular weight is 291 g/mol. The maximum atomic E-state index is 4.68. The molecule has 3 nitrogen and oxygen atoms in total. The van der Waals surface area contributed by atoms with E-state index in [0.717, 1.165) is 19.5 Å². The number of aromatic nitrogens is 2. The van der Waals surface area contributed by atoms with E-state index < -0.39 is 0 Å². The number of hydrogen-bond acceptors (Lipinski definition) is 3. The number of aryl methyl sites for hydroxylation is 1. The Morgan fingerprint density at radius 2 is 2.20 bits per heavy atom. The van der Waals surface area contributed by atoms with Crippen molar-refractivity contribution in [3.8, 4) is 0 Å². The van der Waals surface area contributed by atoms with E-state index in [1.807, 2.05) is 0 Å². The Morgan fingerprint density at radius 3 is 2.95 bits per heavy atom. The van der Waals surface area contributed by atoms with Crippen LogP contribution in [0.1, 0.15) is 55.9 Å². The smallest absolute Gasteiger partial charge is 0.0928 e. The minimum atomic E-state index is 0.419. The van der Waals surface area contributed by atoms with E-state index in [0.29, 0.717) is 6.04 Å². The first-order chi connectivity index (χ1) is 9.72. The second kappa shape index (κ2) is 7.60. The molecule has 0 saturated heterocycles. The molecular formula is C16H25N3S. The second-order valence-electron chi connectivity index (χ2n) is 5.28. The Balaban J connectivity index is 1.94. The summed E-state index contributed by atoms with van der Waals surface area (Å²) in [5.41, 5.74) is 2.53. The number of thiazole rings is 1. The molecule has 0 bridgehead atoms. The average Bonchev–Trinajstić information content (AvgIpc) is 3.07. The van der Waals surface area contributed by atoms with Crippen molar-refractivity contribution in [1.29, 1.82) is 0 Å². The van der Waals surface area contributed by atoms with Crippen LogP contribution in [0.4, 0.5) is 0 Å². The molecule has 2 aromatic heterocycles. The minimum absolute atomic E-state index is 0.419. The summed E-state index contributed by atoms with van der Waals surface area (Å²) >= 11 is 1.78. The van der Waals surface area contributed by atoms with E-state index >= 15 is 0 Å². The zero-order chi connectivity index (χ0) is 14.4. The summed E-state index contributed by atoms with van der Waals surface area (Å²) < 4.78 is 2.23. The minimum Gasteiger partial charge on any atom is -0.348 e. The van der Waals surface area contributed by atoms with Gasteiger partial charge in [0.1, 0.15) is 0 Å². The molecule has 0 aliphatic heterocycles. The predicted octanol–water partition coefficient (Wildman–Crippen LogP) is 4.01. The molecule has 0 aliphatic carbocycles. The van der Waals surface area contributed by atoms with Crippen molar-refractivity contribution in [3.05, 3.63) is 40.1 Å². The van der Waals surface area contributed by atoms with Crippen molar-refractivity contribution in [2.24, 2.45) is 0 Å². The van der Waals surface area contributed by atoms with Crippen LogP contribution in [0.3, 0.4) is 0 Å². The normalized spacial score (nSPS) is 12.8. The fourth-order valence-electron chi connectivity index (χ4n) is 2.23. The van der Waals surface area contributed by atoms with Crippen molar-refractivity contribution in [2.45, 2.75) is 52.6 Å². The summed E-state index contributed by atoms with van der Waals surface area (Å²) in [5, 5.41) is 6.96. The molecule has 0 spiro atoms. The molecule has 2 rings (SSSR count). The topological polar surface area (TPSA) is 29.9 Å². The van der Waals surface area contributed by atoms with Gasteiger partial charge in [0, 0.05) is 23.8 Å². The third kappa shape index (κ3) is 4.18. The second-order valence-corrected chi connectivity index (χ2v) is 6.22. The van der Waals surface area contributed by atoms with Crippen molar-refractivity contribution < 1.29 is 0 Å². The van der Waals surface area contributed by atoms with Gasteiger partial charge in [-0.1, -0.05) is 13.8 Å². The van der Waals surface area contributed by atoms with Crippen LogP contribution in [0, 0.1) is 0 Å². The largest absolute Gasteiger partial charge is 0.348 e. The maximum Gasteiger partial charge on any atom is 0.0928 e. The number of nitrogens with zero attached hydrogens (tertiary/aromatic N) is 2. The van der Waals surface area contributed by atoms with Gasteiger partial charge in [0.05, 0.1) is 17.2 Å². The van der Waals surface area contributed by atoms with E-state index in [9.17, 15) is 0 Å². The lowest BCUT2D eigenvalue weighted by molar-refractivity contribution is 0.569. The van der Waals surface area contributed by atoms with Crippen molar-refractivity contribution in [3.63, 3.8) is 0 Å². The summed E-state index contributed by atoms with van der Waals surface area (Å²) in [5.74, 6) is 0. The van der Waals surface area contributed by atoms with Gasteiger partial charge < -0.3 is 9.88 Å². The van der Waals surface area contributed by atoms with Crippen LogP contribution in [0.15, 0.2) is 23.8 Å². The van der Waals surface area contributed by atoms with E-state index in [-0.39, 0.29) is 0 Å². The molecule has 0 aliphatic rings. The fraction of sp³-hybridized carbons (Fsp3) is 0.562. The lowest BCUT2D eigenvalue weighted by Crippen LogP contribution is -2.18. The molecule has 0 fully saturated rings. The van der Waals surface area contributed by atoms with Crippen LogP contribution < -0.4 is 5.32 Å². The van der Waals surface area contributed by atoms with Gasteiger partial charge in [-0.2, -0.15) is 0 Å². The first-order valence-electron chi connectivity index (χ1n) is 7.55. The first-order valence-corrected chi connectivity index (χ1v) is 8.43. The van der Waals surface area contributed by atoms with E-state index in [4.69, 9.17) is 0 Å². The fourth-order valence-corrected chi connectivity index (χ4v) is 3.12. The molecule has 2 heterocycles. The molecule has 2 aromatic rings. The van der Waals surface area contributed by atoms with Crippen LogP contribution in [-0.4, -0.2) is 16.1 Å². The molecule has 0 saturated carbocycles. The Labute approximate surface area is 126 Å². The highest BCUT2D eigenvalue weighted by atomic mass is 32.1. The van der Waals surface area contributed by atoms with Gasteiger partial charge in [-0.15, -0.1) is 11.3 Å². The van der Waals surface area contributed by atoms with Gasteiger partial charge in [-0.25, -0.2) is 4.98 Å². The van der Waals surface area contributed by atoms with Gasteiger partial charge >= 0.3 is 0 Å². The number of hydrogen-bond donors (Lipinski definition) is 1. The third-order valence-corrected chi connectivity index (χ3v) is 4.34. The highest BCUT2D eigenvalue weighted by molar-refractivity contribution is 7.09. The molecule has 0 amide bonds. The molecule has 1 unspecified atom stereocenters. The van der Waals surface area contributed by atoms with Crippen LogP contribution >= 0.6 is 11.3 Å². The Kier molecular flexibility index (Phi) is 5.80. The standard InChI is InChI=1S/C16H25N3S/c1-4-6-16-18-15(12-20-16)11-19-9-7-14(10-19)13(3)17-8-5-2/h7,9-10,12-13,17H,4-6,8,11H2,1-3H3. The van der Waals surface area contributed by atoms with Gasteiger partial charge in [0.25, 0.3) is 0 Å². The Bertz CT molecular complexity index is 515. The summed E-state index contributed by atoms with van der Waals surface area (Å²) in [7, 11) is 0. The van der Waals surface area contributed by atoms with Crippen molar-refractivity contribution in [2.75, 3.05) is 6.54 Å². The maximum absolute atomic E-state index is 4.68. The highest BCUT2D eigenvalue weighted by Crippen LogP contribution is 2.16. The monoisotopic (exact) mass is 291 g/mol. The molecule has 1 atom stereocenters. The van der Waals surface area contributed by atoms with Crippen LogP contribution in [0.25, 0.3) is 0 Å². The first kappa shape index (κ1) is 15.3. The van der Waals surface area contributed by atoms with Crippen LogP contribution in [-0.2, 0) is 13.0 Å². The zero-order valence-corrected chi connectivity index (χ0v) is 13.5. The van der Waals surface area contributed by atoms with Gasteiger partial charge in [0.15, 0.2) is 0 Å². The summed E-state index contributed by atoms with van der Waals surface area (Å²) in [6, 6.07) is 2.62. The summed E-state index contributed by atoms with van der Waals surface area (Å²) in [4.78, 5) is 4.68. The third-order valence-electron chi connectivity index (χ3n) is 3.38. The molecule has 0 radical (unpaired) electrons. The summed E-state index contributed by atoms with van der Waals surface area (Å²) in [6.07, 6.45) is 7.81. The number of nitrogens with one attached hydrogen (secondary N) is 1. The molecular weight excluding hydrogens is 266 g/mol. The highest BCUT2D eigenvalue weighted by Gasteiger charge is 2.07. The van der Waals surface area contributed by atoms with E-state index in [1.54, 1.807) is 11.3 Å². The quantitative estimate of drug-likeness (QED) is 0.796. The molecule has 110 valence electrons. The van der Waals surface area contributed by atoms with Gasteiger partial charge in [-0.3, -0.25) is 0 Å². The zero-order valence-electron chi connectivity index (χ0n) is 12.7. The van der Waals surface area contributed by atoms with Gasteiger partial charge in [-0.05, 0) is 44.4 Å². The van der Waals surface area contributed by atoms with Gasteiger partial charge in [0.2, 0.25) is 0 Å². The summed E-state index contributed by atoms with van der Waals surface area (Å²) in [6.45, 7) is 8.56. The van der Waals surface area contributed by atoms with E-state index in [1.165, 1.54) is 29.1 Å². The predicted molar refractivity (Wildman–Crippen MR) is 86.4 cm³/mol. The SMILES string of the molecule is CCCNC(C)c1ccn(Cc2csc(CCC)n2)c1. The number of rotatable bonds is 8. The lowest BCUT2D eigenvalue weighted by Gasteiger charge is -2.11. The molecule has 20 heavy (non-hydrogen) atoms. The molecule has 4 heteroatoms. The lowest BCUT2D eigenvalue weighted by atomic mass is 10.2. The van der Waals surface area contributed by atoms with Crippen LogP contribution in [0.5, 0.6) is 0 Å². The Morgan fingerprint density at radius 1 is 1.35 bits per heavy atom. The van der Waals surface area contributed by atoms with E-state index in [2.05, 4.69) is 59.5 Å². The molecule has 0 aromatic carbocycles. The van der Waals surface area contributed by atoms with Crippen LogP contribution in [0.2, 0.25) is 0 Å². The van der Waals surface area contributed by atoms with Crippen molar-refractivity contribution >= 4 is 11.3 Å². The van der Waals surface area contributed by atoms with Crippen molar-refractivity contribution in [1.82, 2.24) is 14.9 Å². The molecule has 1 N–H and O–H groups in total. The Hall–Kier alpha value is -1.13.